The molecule has 0 spiro atoms. The Hall–Kier alpha value is -3.95. The number of rotatable bonds is 4. The quantitative estimate of drug-likeness (QED) is 0.568. The minimum absolute atomic E-state index is 0. The first-order chi connectivity index (χ1) is 13.7. The van der Waals surface area contributed by atoms with Crippen molar-refractivity contribution in [2.45, 2.75) is 34.2 Å². The number of pyridine rings is 1. The van der Waals surface area contributed by atoms with Crippen LogP contribution in [0, 0.1) is 29.6 Å². The number of carbonyl (C=O) groups excluding carboxylic acids is 2. The molecule has 0 saturated heterocycles. The van der Waals surface area contributed by atoms with Crippen LogP contribution in [-0.2, 0) is 16.1 Å². The molecule has 0 aromatic carbocycles. The van der Waals surface area contributed by atoms with Crippen molar-refractivity contribution in [1.29, 1.82) is 10.5 Å². The van der Waals surface area contributed by atoms with Crippen LogP contribution >= 0.6 is 0 Å². The summed E-state index contributed by atoms with van der Waals surface area (Å²) in [6.07, 6.45) is 4.39. The molecular weight excluding hydrogens is 386 g/mol. The van der Waals surface area contributed by atoms with E-state index in [0.29, 0.717) is 5.56 Å². The van der Waals surface area contributed by atoms with Crippen molar-refractivity contribution >= 4 is 17.9 Å². The lowest BCUT2D eigenvalue weighted by atomic mass is 9.95. The number of aromatic nitrogens is 1. The summed E-state index contributed by atoms with van der Waals surface area (Å²) in [5, 5.41) is 28.9. The first-order valence-corrected chi connectivity index (χ1v) is 8.97. The SMILES string of the molecule is CCN1C(=O)C(=CC=Cc2c(C)c(C#N)c(=O)n(CC)c2O)C(C)=C(C#N)C1=O.N. The van der Waals surface area contributed by atoms with Crippen LogP contribution in [-0.4, -0.2) is 32.9 Å². The fourth-order valence-electron chi connectivity index (χ4n) is 3.15. The maximum Gasteiger partial charge on any atom is 0.271 e. The van der Waals surface area contributed by atoms with Crippen LogP contribution in [0.2, 0.25) is 0 Å². The lowest BCUT2D eigenvalue weighted by molar-refractivity contribution is -0.140. The Kier molecular flexibility index (Phi) is 7.63. The molecule has 1 aliphatic heterocycles. The molecule has 156 valence electrons. The highest BCUT2D eigenvalue weighted by Crippen LogP contribution is 2.26. The predicted molar refractivity (Wildman–Crippen MR) is 110 cm³/mol. The van der Waals surface area contributed by atoms with E-state index in [4.69, 9.17) is 0 Å². The van der Waals surface area contributed by atoms with Crippen LogP contribution in [0.25, 0.3) is 6.08 Å². The number of nitrogens with zero attached hydrogens (tertiary/aromatic N) is 4. The van der Waals surface area contributed by atoms with Crippen LogP contribution in [0.4, 0.5) is 0 Å². The zero-order valence-electron chi connectivity index (χ0n) is 17.3. The summed E-state index contributed by atoms with van der Waals surface area (Å²) in [7, 11) is 0. The van der Waals surface area contributed by atoms with Gasteiger partial charge in [-0.3, -0.25) is 23.9 Å². The molecule has 30 heavy (non-hydrogen) atoms. The van der Waals surface area contributed by atoms with Crippen molar-refractivity contribution in [3.63, 3.8) is 0 Å². The number of carbonyl (C=O) groups is 2. The van der Waals surface area contributed by atoms with E-state index in [9.17, 15) is 30.0 Å². The van der Waals surface area contributed by atoms with Crippen LogP contribution < -0.4 is 11.7 Å². The van der Waals surface area contributed by atoms with Gasteiger partial charge in [-0.05, 0) is 51.0 Å². The topological polar surface area (TPSA) is 162 Å². The molecule has 0 radical (unpaired) electrons. The fourth-order valence-corrected chi connectivity index (χ4v) is 3.15. The lowest BCUT2D eigenvalue weighted by Crippen LogP contribution is -2.42. The molecule has 0 bridgehead atoms. The molecule has 0 unspecified atom stereocenters. The van der Waals surface area contributed by atoms with Crippen molar-refractivity contribution < 1.29 is 14.7 Å². The molecule has 1 aromatic rings. The first-order valence-electron chi connectivity index (χ1n) is 8.97. The van der Waals surface area contributed by atoms with E-state index in [1.165, 1.54) is 25.2 Å². The van der Waals surface area contributed by atoms with Gasteiger partial charge in [0.25, 0.3) is 17.4 Å². The Bertz CT molecular complexity index is 1140. The number of imide groups is 1. The number of hydrogen-bond acceptors (Lipinski definition) is 7. The first kappa shape index (κ1) is 24.1. The molecule has 2 rings (SSSR count). The molecule has 0 atom stereocenters. The van der Waals surface area contributed by atoms with Gasteiger partial charge >= 0.3 is 0 Å². The third-order valence-electron chi connectivity index (χ3n) is 4.83. The van der Waals surface area contributed by atoms with E-state index in [2.05, 4.69) is 0 Å². The average Bonchev–Trinajstić information content (AvgIpc) is 2.68. The van der Waals surface area contributed by atoms with Crippen LogP contribution in [0.5, 0.6) is 5.88 Å². The molecule has 4 N–H and O–H groups in total. The molecule has 1 aromatic heterocycles. The van der Waals surface area contributed by atoms with Gasteiger partial charge in [-0.1, -0.05) is 6.08 Å². The molecule has 0 aliphatic carbocycles. The standard InChI is InChI=1S/C21H20N4O4.H3N/c1-5-24-18(26)14(12(3)16(10-22)20(24)28)8-7-9-15-13(4)17(11-23)21(29)25(6-2)19(15)27;/h7-9,26H,5-6H2,1-4H3;1H3. The molecule has 2 amide bonds. The van der Waals surface area contributed by atoms with Gasteiger partial charge in [0.15, 0.2) is 0 Å². The minimum atomic E-state index is -0.624. The summed E-state index contributed by atoms with van der Waals surface area (Å²) in [5.41, 5.74) is 0.299. The second-order valence-corrected chi connectivity index (χ2v) is 6.30. The Morgan fingerprint density at radius 2 is 1.67 bits per heavy atom. The molecular formula is C21H23N5O4. The molecule has 9 heteroatoms. The number of aromatic hydroxyl groups is 1. The maximum atomic E-state index is 12.6. The summed E-state index contributed by atoms with van der Waals surface area (Å²) >= 11 is 0. The van der Waals surface area contributed by atoms with Gasteiger partial charge in [0.1, 0.15) is 23.3 Å². The van der Waals surface area contributed by atoms with Gasteiger partial charge < -0.3 is 11.3 Å². The van der Waals surface area contributed by atoms with Gasteiger partial charge in [-0.15, -0.1) is 0 Å². The lowest BCUT2D eigenvalue weighted by Gasteiger charge is -2.25. The number of hydrogen-bond donors (Lipinski definition) is 2. The molecule has 0 fully saturated rings. The zero-order chi connectivity index (χ0) is 21.9. The number of likely N-dealkylation sites (N-methyl/N-ethyl adjacent to an activating group) is 1. The average molecular weight is 409 g/mol. The minimum Gasteiger partial charge on any atom is -0.494 e. The third kappa shape index (κ3) is 3.79. The Labute approximate surface area is 174 Å². The summed E-state index contributed by atoms with van der Waals surface area (Å²) in [4.78, 5) is 38.0. The highest BCUT2D eigenvalue weighted by molar-refractivity contribution is 6.18. The van der Waals surface area contributed by atoms with Gasteiger partial charge in [-0.2, -0.15) is 10.5 Å². The van der Waals surface area contributed by atoms with E-state index in [-0.39, 0.29) is 53.0 Å². The number of amides is 2. The zero-order valence-corrected chi connectivity index (χ0v) is 17.3. The molecule has 2 heterocycles. The smallest absolute Gasteiger partial charge is 0.271 e. The van der Waals surface area contributed by atoms with Gasteiger partial charge in [0.05, 0.1) is 0 Å². The van der Waals surface area contributed by atoms with Gasteiger partial charge in [-0.25, -0.2) is 0 Å². The van der Waals surface area contributed by atoms with Gasteiger partial charge in [0.2, 0.25) is 5.88 Å². The van der Waals surface area contributed by atoms with E-state index >= 15 is 0 Å². The Morgan fingerprint density at radius 3 is 2.17 bits per heavy atom. The third-order valence-corrected chi connectivity index (χ3v) is 4.83. The van der Waals surface area contributed by atoms with Crippen LogP contribution in [0.1, 0.15) is 37.5 Å². The number of allylic oxidation sites excluding steroid dienone is 2. The van der Waals surface area contributed by atoms with Crippen molar-refractivity contribution in [2.24, 2.45) is 0 Å². The van der Waals surface area contributed by atoms with Gasteiger partial charge in [0, 0.05) is 24.2 Å². The number of nitriles is 2. The highest BCUT2D eigenvalue weighted by atomic mass is 16.3. The Balaban J connectivity index is 0.00000450. The van der Waals surface area contributed by atoms with Crippen molar-refractivity contribution in [1.82, 2.24) is 15.6 Å². The van der Waals surface area contributed by atoms with Crippen LogP contribution in [0.3, 0.4) is 0 Å². The monoisotopic (exact) mass is 409 g/mol. The fraction of sp³-hybridized carbons (Fsp3) is 0.286. The summed E-state index contributed by atoms with van der Waals surface area (Å²) < 4.78 is 1.08. The molecule has 0 saturated carbocycles. The Morgan fingerprint density at radius 1 is 1.03 bits per heavy atom. The maximum absolute atomic E-state index is 12.6. The summed E-state index contributed by atoms with van der Waals surface area (Å²) in [6.45, 7) is 6.69. The predicted octanol–water partition coefficient (Wildman–Crippen LogP) is 2.08. The van der Waals surface area contributed by atoms with Crippen molar-refractivity contribution in [2.75, 3.05) is 6.54 Å². The highest BCUT2D eigenvalue weighted by Gasteiger charge is 2.34. The second kappa shape index (κ2) is 9.50. The molecule has 1 aliphatic rings. The van der Waals surface area contributed by atoms with E-state index < -0.39 is 17.4 Å². The van der Waals surface area contributed by atoms with E-state index in [1.54, 1.807) is 20.8 Å². The van der Waals surface area contributed by atoms with Crippen LogP contribution in [0.15, 0.2) is 33.7 Å². The van der Waals surface area contributed by atoms with E-state index in [1.807, 2.05) is 12.1 Å². The second-order valence-electron chi connectivity index (χ2n) is 6.30. The van der Waals surface area contributed by atoms with Crippen molar-refractivity contribution in [3.05, 3.63) is 55.9 Å². The van der Waals surface area contributed by atoms with E-state index in [0.717, 1.165) is 9.47 Å². The van der Waals surface area contributed by atoms with Crippen molar-refractivity contribution in [3.8, 4) is 18.0 Å². The summed E-state index contributed by atoms with van der Waals surface area (Å²) in [6, 6.07) is 3.69. The summed E-state index contributed by atoms with van der Waals surface area (Å²) in [5.74, 6) is -1.43. The largest absolute Gasteiger partial charge is 0.494 e. The normalized spacial score (nSPS) is 15.4. The molecule has 9 nitrogen and oxygen atoms in total.